The third-order valence-electron chi connectivity index (χ3n) is 3.89. The molecule has 0 amide bonds. The molecule has 124 valence electrons. The molecule has 2 aliphatic heterocycles. The lowest BCUT2D eigenvalue weighted by Gasteiger charge is -2.27. The molecule has 0 fully saturated rings. The van der Waals surface area contributed by atoms with Crippen molar-refractivity contribution in [3.05, 3.63) is 0 Å². The Morgan fingerprint density at radius 2 is 1.09 bits per heavy atom. The number of aliphatic imine (C=N–C) groups is 2. The van der Waals surface area contributed by atoms with Crippen LogP contribution in [0, 0.1) is 0 Å². The van der Waals surface area contributed by atoms with Gasteiger partial charge in [-0.05, 0) is 55.4 Å². The predicted octanol–water partition coefficient (Wildman–Crippen LogP) is 2.56. The molecule has 0 aliphatic carbocycles. The SMILES string of the molecule is CC1(C)CN=C(C(C)(C)N=NC(C)(C)C2=NCC(C)(C)N2)N1. The number of hydrogen-bond acceptors (Lipinski definition) is 6. The molecule has 0 saturated heterocycles. The molecule has 2 rings (SSSR count). The summed E-state index contributed by atoms with van der Waals surface area (Å²) in [5, 5.41) is 16.0. The summed E-state index contributed by atoms with van der Waals surface area (Å²) in [5.41, 5.74) is -0.920. The number of amidine groups is 2. The van der Waals surface area contributed by atoms with Crippen molar-refractivity contribution in [2.45, 2.75) is 77.5 Å². The van der Waals surface area contributed by atoms with Gasteiger partial charge in [0, 0.05) is 0 Å². The van der Waals surface area contributed by atoms with Crippen molar-refractivity contribution in [2.75, 3.05) is 13.1 Å². The maximum atomic E-state index is 4.59. The number of nitrogens with zero attached hydrogens (tertiary/aromatic N) is 4. The lowest BCUT2D eigenvalue weighted by atomic mass is 10.0. The van der Waals surface area contributed by atoms with Crippen LogP contribution in [0.3, 0.4) is 0 Å². The van der Waals surface area contributed by atoms with Crippen LogP contribution in [0.2, 0.25) is 0 Å². The first-order valence-corrected chi connectivity index (χ1v) is 7.93. The molecule has 0 radical (unpaired) electrons. The van der Waals surface area contributed by atoms with E-state index in [1.54, 1.807) is 0 Å². The van der Waals surface area contributed by atoms with Gasteiger partial charge in [-0.25, -0.2) is 0 Å². The molecule has 0 unspecified atom stereocenters. The molecule has 2 N–H and O–H groups in total. The first kappa shape index (κ1) is 16.9. The average molecular weight is 306 g/mol. The van der Waals surface area contributed by atoms with Crippen molar-refractivity contribution in [3.63, 3.8) is 0 Å². The molecular weight excluding hydrogens is 276 g/mol. The highest BCUT2D eigenvalue weighted by molar-refractivity contribution is 5.94. The van der Waals surface area contributed by atoms with Crippen molar-refractivity contribution >= 4 is 11.7 Å². The Bertz CT molecular complexity index is 489. The molecule has 2 aliphatic rings. The minimum atomic E-state index is -0.459. The molecule has 0 aromatic rings. The van der Waals surface area contributed by atoms with Crippen molar-refractivity contribution in [3.8, 4) is 0 Å². The van der Waals surface area contributed by atoms with Gasteiger partial charge in [-0.3, -0.25) is 9.98 Å². The Balaban J connectivity index is 2.10. The van der Waals surface area contributed by atoms with Crippen LogP contribution in [0.25, 0.3) is 0 Å². The molecule has 0 atom stereocenters. The van der Waals surface area contributed by atoms with Gasteiger partial charge < -0.3 is 10.6 Å². The molecule has 22 heavy (non-hydrogen) atoms. The fraction of sp³-hybridized carbons (Fsp3) is 0.875. The number of hydrogen-bond donors (Lipinski definition) is 2. The van der Waals surface area contributed by atoms with Crippen LogP contribution in [0.1, 0.15) is 55.4 Å². The molecule has 6 heteroatoms. The molecule has 0 aromatic carbocycles. The molecular formula is C16H30N6. The zero-order valence-corrected chi connectivity index (χ0v) is 15.2. The summed E-state index contributed by atoms with van der Waals surface area (Å²) in [6.45, 7) is 18.2. The Hall–Kier alpha value is -1.46. The summed E-state index contributed by atoms with van der Waals surface area (Å²) in [6, 6.07) is 0. The van der Waals surface area contributed by atoms with Gasteiger partial charge in [0.1, 0.15) is 22.7 Å². The van der Waals surface area contributed by atoms with E-state index in [2.05, 4.69) is 58.5 Å². The predicted molar refractivity (Wildman–Crippen MR) is 92.0 cm³/mol. The standard InChI is InChI=1S/C16H30N6/c1-13(2)9-17-11(19-13)15(5,6)21-22-16(7,8)12-18-10-14(3,4)20-12/h9-10H2,1-8H3,(H,17,19)(H,18,20). The van der Waals surface area contributed by atoms with Crippen LogP contribution >= 0.6 is 0 Å². The quantitative estimate of drug-likeness (QED) is 0.783. The fourth-order valence-electron chi connectivity index (χ4n) is 2.39. The second kappa shape index (κ2) is 5.03. The highest BCUT2D eigenvalue weighted by atomic mass is 15.3. The van der Waals surface area contributed by atoms with E-state index in [1.807, 2.05) is 27.7 Å². The number of nitrogens with one attached hydrogen (secondary N) is 2. The van der Waals surface area contributed by atoms with Gasteiger partial charge in [0.15, 0.2) is 0 Å². The Kier molecular flexibility index (Phi) is 3.86. The largest absolute Gasteiger partial charge is 0.365 e. The maximum Gasteiger partial charge on any atom is 0.133 e. The molecule has 6 nitrogen and oxygen atoms in total. The molecule has 0 aromatic heterocycles. The first-order chi connectivity index (χ1) is 9.83. The highest BCUT2D eigenvalue weighted by Gasteiger charge is 2.37. The van der Waals surface area contributed by atoms with E-state index in [9.17, 15) is 0 Å². The summed E-state index contributed by atoms with van der Waals surface area (Å²) in [4.78, 5) is 9.17. The van der Waals surface area contributed by atoms with Crippen molar-refractivity contribution in [1.29, 1.82) is 0 Å². The number of azo groups is 1. The second-order valence-corrected chi connectivity index (χ2v) is 8.67. The van der Waals surface area contributed by atoms with Gasteiger partial charge in [-0.15, -0.1) is 0 Å². The third kappa shape index (κ3) is 3.65. The van der Waals surface area contributed by atoms with Gasteiger partial charge in [0.05, 0.1) is 24.2 Å². The Labute approximate surface area is 134 Å². The fourth-order valence-corrected chi connectivity index (χ4v) is 2.39. The number of rotatable bonds is 4. The highest BCUT2D eigenvalue weighted by Crippen LogP contribution is 2.24. The lowest BCUT2D eigenvalue weighted by Crippen LogP contribution is -2.48. The smallest absolute Gasteiger partial charge is 0.133 e. The van der Waals surface area contributed by atoms with Crippen molar-refractivity contribution in [1.82, 2.24) is 10.6 Å². The molecule has 0 saturated carbocycles. The molecule has 0 bridgehead atoms. The van der Waals surface area contributed by atoms with Crippen molar-refractivity contribution in [2.24, 2.45) is 20.2 Å². The molecule has 2 heterocycles. The van der Waals surface area contributed by atoms with E-state index in [0.29, 0.717) is 0 Å². The van der Waals surface area contributed by atoms with Crippen LogP contribution in [-0.4, -0.2) is 46.9 Å². The second-order valence-electron chi connectivity index (χ2n) is 8.67. The normalized spacial score (nSPS) is 24.0. The van der Waals surface area contributed by atoms with Gasteiger partial charge in [-0.1, -0.05) is 0 Å². The van der Waals surface area contributed by atoms with Crippen LogP contribution in [0.15, 0.2) is 20.2 Å². The third-order valence-corrected chi connectivity index (χ3v) is 3.89. The van der Waals surface area contributed by atoms with E-state index in [0.717, 1.165) is 24.8 Å². The van der Waals surface area contributed by atoms with Crippen LogP contribution in [-0.2, 0) is 0 Å². The van der Waals surface area contributed by atoms with Crippen LogP contribution in [0.4, 0.5) is 0 Å². The van der Waals surface area contributed by atoms with E-state index in [1.165, 1.54) is 0 Å². The Morgan fingerprint density at radius 1 is 0.773 bits per heavy atom. The van der Waals surface area contributed by atoms with E-state index in [-0.39, 0.29) is 11.1 Å². The minimum absolute atomic E-state index is 0.00123. The summed E-state index contributed by atoms with van der Waals surface area (Å²) < 4.78 is 0. The van der Waals surface area contributed by atoms with Gasteiger partial charge in [0.2, 0.25) is 0 Å². The summed E-state index contributed by atoms with van der Waals surface area (Å²) in [7, 11) is 0. The molecule has 0 spiro atoms. The summed E-state index contributed by atoms with van der Waals surface area (Å²) in [5.74, 6) is 1.80. The summed E-state index contributed by atoms with van der Waals surface area (Å²) in [6.07, 6.45) is 0. The lowest BCUT2D eigenvalue weighted by molar-refractivity contribution is 0.481. The van der Waals surface area contributed by atoms with Crippen LogP contribution < -0.4 is 10.6 Å². The summed E-state index contributed by atoms with van der Waals surface area (Å²) >= 11 is 0. The zero-order chi connectivity index (χ0) is 16.8. The van der Waals surface area contributed by atoms with Crippen LogP contribution in [0.5, 0.6) is 0 Å². The topological polar surface area (TPSA) is 73.5 Å². The van der Waals surface area contributed by atoms with Gasteiger partial charge >= 0.3 is 0 Å². The first-order valence-electron chi connectivity index (χ1n) is 7.93. The Morgan fingerprint density at radius 3 is 1.32 bits per heavy atom. The minimum Gasteiger partial charge on any atom is -0.365 e. The average Bonchev–Trinajstić information content (AvgIpc) is 2.90. The van der Waals surface area contributed by atoms with Gasteiger partial charge in [-0.2, -0.15) is 10.2 Å². The van der Waals surface area contributed by atoms with Gasteiger partial charge in [0.25, 0.3) is 0 Å². The monoisotopic (exact) mass is 306 g/mol. The zero-order valence-electron chi connectivity index (χ0n) is 15.2. The van der Waals surface area contributed by atoms with Crippen molar-refractivity contribution < 1.29 is 0 Å². The van der Waals surface area contributed by atoms with E-state index >= 15 is 0 Å². The van der Waals surface area contributed by atoms with E-state index in [4.69, 9.17) is 0 Å². The maximum absolute atomic E-state index is 4.59. The van der Waals surface area contributed by atoms with E-state index < -0.39 is 11.1 Å².